The van der Waals surface area contributed by atoms with Gasteiger partial charge in [0.25, 0.3) is 0 Å². The number of benzene rings is 1. The Morgan fingerprint density at radius 1 is 1.33 bits per heavy atom. The minimum absolute atomic E-state index is 0.230. The molecule has 0 bridgehead atoms. The van der Waals surface area contributed by atoms with Gasteiger partial charge in [-0.05, 0) is 17.7 Å². The molecule has 1 atom stereocenters. The number of ether oxygens (including phenoxy) is 2. The SMILES string of the molecule is COCCNCc1ccc(N(C)CC(O)COC)c(F)c1. The Hall–Kier alpha value is -1.21. The smallest absolute Gasteiger partial charge is 0.146 e. The number of nitrogens with one attached hydrogen (secondary N) is 1. The Balaban J connectivity index is 2.56. The molecule has 0 aliphatic rings. The minimum atomic E-state index is -0.644. The first-order valence-electron chi connectivity index (χ1n) is 6.94. The van der Waals surface area contributed by atoms with Crippen LogP contribution in [-0.2, 0) is 16.0 Å². The maximum atomic E-state index is 14.1. The first-order chi connectivity index (χ1) is 10.1. The van der Waals surface area contributed by atoms with Crippen LogP contribution in [0.25, 0.3) is 0 Å². The first-order valence-corrected chi connectivity index (χ1v) is 6.94. The highest BCUT2D eigenvalue weighted by atomic mass is 19.1. The molecule has 0 aromatic heterocycles. The normalized spacial score (nSPS) is 12.4. The van der Waals surface area contributed by atoms with Gasteiger partial charge in [0.15, 0.2) is 0 Å². The van der Waals surface area contributed by atoms with Gasteiger partial charge in [0.2, 0.25) is 0 Å². The average molecular weight is 300 g/mol. The fraction of sp³-hybridized carbons (Fsp3) is 0.600. The molecule has 1 aromatic rings. The maximum Gasteiger partial charge on any atom is 0.146 e. The van der Waals surface area contributed by atoms with Gasteiger partial charge >= 0.3 is 0 Å². The van der Waals surface area contributed by atoms with Crippen LogP contribution < -0.4 is 10.2 Å². The average Bonchev–Trinajstić information content (AvgIpc) is 2.43. The summed E-state index contributed by atoms with van der Waals surface area (Å²) < 4.78 is 23.9. The third-order valence-electron chi connectivity index (χ3n) is 3.08. The van der Waals surface area contributed by atoms with E-state index in [4.69, 9.17) is 9.47 Å². The Bertz CT molecular complexity index is 418. The lowest BCUT2D eigenvalue weighted by Crippen LogP contribution is -2.32. The molecule has 1 aromatic carbocycles. The second kappa shape index (κ2) is 9.68. The standard InChI is InChI=1S/C15H25FN2O3/c1-18(10-13(19)11-21-3)15-5-4-12(8-14(15)16)9-17-6-7-20-2/h4-5,8,13,17,19H,6-7,9-11H2,1-3H3. The molecule has 21 heavy (non-hydrogen) atoms. The number of anilines is 1. The molecule has 0 fully saturated rings. The van der Waals surface area contributed by atoms with E-state index in [1.165, 1.54) is 13.2 Å². The van der Waals surface area contributed by atoms with Crippen LogP contribution in [0.2, 0.25) is 0 Å². The Labute approximate surface area is 125 Å². The van der Waals surface area contributed by atoms with Crippen molar-refractivity contribution >= 4 is 5.69 Å². The van der Waals surface area contributed by atoms with E-state index in [0.29, 0.717) is 25.4 Å². The van der Waals surface area contributed by atoms with Gasteiger partial charge in [-0.15, -0.1) is 0 Å². The van der Waals surface area contributed by atoms with Crippen LogP contribution in [0.3, 0.4) is 0 Å². The highest BCUT2D eigenvalue weighted by molar-refractivity contribution is 5.48. The summed E-state index contributed by atoms with van der Waals surface area (Å²) in [6, 6.07) is 5.11. The van der Waals surface area contributed by atoms with Gasteiger partial charge in [-0.1, -0.05) is 6.07 Å². The van der Waals surface area contributed by atoms with Crippen molar-refractivity contribution < 1.29 is 19.0 Å². The summed E-state index contributed by atoms with van der Waals surface area (Å²) in [5.41, 5.74) is 1.34. The van der Waals surface area contributed by atoms with E-state index in [1.807, 2.05) is 6.07 Å². The van der Waals surface area contributed by atoms with Crippen LogP contribution in [-0.4, -0.2) is 58.8 Å². The lowest BCUT2D eigenvalue weighted by Gasteiger charge is -2.23. The molecule has 6 heteroatoms. The van der Waals surface area contributed by atoms with E-state index in [9.17, 15) is 9.50 Å². The van der Waals surface area contributed by atoms with Crippen molar-refractivity contribution in [1.82, 2.24) is 5.32 Å². The molecule has 0 saturated carbocycles. The summed E-state index contributed by atoms with van der Waals surface area (Å²) in [5.74, 6) is -0.298. The van der Waals surface area contributed by atoms with Gasteiger partial charge in [0.05, 0.1) is 25.0 Å². The van der Waals surface area contributed by atoms with Crippen molar-refractivity contribution in [3.05, 3.63) is 29.6 Å². The van der Waals surface area contributed by atoms with Crippen LogP contribution in [0, 0.1) is 5.82 Å². The van der Waals surface area contributed by atoms with Crippen molar-refractivity contribution in [3.63, 3.8) is 0 Å². The molecule has 0 saturated heterocycles. The van der Waals surface area contributed by atoms with Gasteiger partial charge in [-0.2, -0.15) is 0 Å². The van der Waals surface area contributed by atoms with Gasteiger partial charge in [-0.25, -0.2) is 4.39 Å². The monoisotopic (exact) mass is 300 g/mol. The molecular formula is C15H25FN2O3. The van der Waals surface area contributed by atoms with Crippen LogP contribution in [0.5, 0.6) is 0 Å². The molecule has 0 aliphatic heterocycles. The highest BCUT2D eigenvalue weighted by Crippen LogP contribution is 2.19. The molecule has 0 aliphatic carbocycles. The predicted molar refractivity (Wildman–Crippen MR) is 81.1 cm³/mol. The lowest BCUT2D eigenvalue weighted by atomic mass is 10.1. The summed E-state index contributed by atoms with van der Waals surface area (Å²) in [4.78, 5) is 1.68. The van der Waals surface area contributed by atoms with Gasteiger partial charge in [0.1, 0.15) is 5.82 Å². The molecule has 0 heterocycles. The Morgan fingerprint density at radius 2 is 2.10 bits per heavy atom. The second-order valence-electron chi connectivity index (χ2n) is 4.95. The predicted octanol–water partition coefficient (Wildman–Crippen LogP) is 1.01. The van der Waals surface area contributed by atoms with Crippen molar-refractivity contribution in [2.75, 3.05) is 52.5 Å². The summed E-state index contributed by atoms with van der Waals surface area (Å²) >= 11 is 0. The summed E-state index contributed by atoms with van der Waals surface area (Å²) in [6.45, 7) is 2.49. The molecule has 120 valence electrons. The zero-order chi connectivity index (χ0) is 15.7. The Morgan fingerprint density at radius 3 is 2.71 bits per heavy atom. The molecule has 0 spiro atoms. The number of aliphatic hydroxyl groups is 1. The van der Waals surface area contributed by atoms with Crippen LogP contribution in [0.4, 0.5) is 10.1 Å². The van der Waals surface area contributed by atoms with E-state index in [1.54, 1.807) is 25.1 Å². The van der Waals surface area contributed by atoms with Crippen molar-refractivity contribution in [1.29, 1.82) is 0 Å². The number of halogens is 1. The summed E-state index contributed by atoms with van der Waals surface area (Å²) in [7, 11) is 4.91. The first kappa shape index (κ1) is 17.8. The molecule has 0 radical (unpaired) electrons. The van der Waals surface area contributed by atoms with E-state index in [0.717, 1.165) is 12.1 Å². The Kier molecular flexibility index (Phi) is 8.22. The number of hydrogen-bond acceptors (Lipinski definition) is 5. The number of nitrogens with zero attached hydrogens (tertiary/aromatic N) is 1. The third kappa shape index (κ3) is 6.39. The lowest BCUT2D eigenvalue weighted by molar-refractivity contribution is 0.0694. The highest BCUT2D eigenvalue weighted by Gasteiger charge is 2.12. The second-order valence-corrected chi connectivity index (χ2v) is 4.95. The van der Waals surface area contributed by atoms with E-state index in [-0.39, 0.29) is 12.4 Å². The number of methoxy groups -OCH3 is 2. The van der Waals surface area contributed by atoms with Crippen molar-refractivity contribution in [2.45, 2.75) is 12.6 Å². The molecule has 5 nitrogen and oxygen atoms in total. The topological polar surface area (TPSA) is 54.0 Å². The van der Waals surface area contributed by atoms with Crippen molar-refractivity contribution in [2.24, 2.45) is 0 Å². The number of rotatable bonds is 10. The van der Waals surface area contributed by atoms with E-state index in [2.05, 4.69) is 5.32 Å². The van der Waals surface area contributed by atoms with Gasteiger partial charge in [-0.3, -0.25) is 0 Å². The van der Waals surface area contributed by atoms with E-state index < -0.39 is 6.10 Å². The number of hydrogen-bond donors (Lipinski definition) is 2. The maximum absolute atomic E-state index is 14.1. The third-order valence-corrected chi connectivity index (χ3v) is 3.08. The fourth-order valence-electron chi connectivity index (χ4n) is 2.04. The van der Waals surface area contributed by atoms with Crippen LogP contribution in [0.1, 0.15) is 5.56 Å². The summed E-state index contributed by atoms with van der Waals surface area (Å²) in [5, 5.41) is 12.8. The zero-order valence-corrected chi connectivity index (χ0v) is 12.9. The molecule has 1 unspecified atom stereocenters. The number of aliphatic hydroxyl groups excluding tert-OH is 1. The van der Waals surface area contributed by atoms with Crippen LogP contribution in [0.15, 0.2) is 18.2 Å². The molecule has 2 N–H and O–H groups in total. The molecular weight excluding hydrogens is 275 g/mol. The molecule has 0 amide bonds. The largest absolute Gasteiger partial charge is 0.389 e. The summed E-state index contributed by atoms with van der Waals surface area (Å²) in [6.07, 6.45) is -0.644. The van der Waals surface area contributed by atoms with E-state index >= 15 is 0 Å². The van der Waals surface area contributed by atoms with Gasteiger partial charge in [0, 0.05) is 40.9 Å². The van der Waals surface area contributed by atoms with Gasteiger partial charge < -0.3 is 24.8 Å². The molecule has 1 rings (SSSR count). The fourth-order valence-corrected chi connectivity index (χ4v) is 2.04. The minimum Gasteiger partial charge on any atom is -0.389 e. The van der Waals surface area contributed by atoms with Crippen LogP contribution >= 0.6 is 0 Å². The quantitative estimate of drug-likeness (QED) is 0.632. The number of likely N-dealkylation sites (N-methyl/N-ethyl adjacent to an activating group) is 1. The zero-order valence-electron chi connectivity index (χ0n) is 12.9. The van der Waals surface area contributed by atoms with Crippen molar-refractivity contribution in [3.8, 4) is 0 Å².